The maximum Gasteiger partial charge on any atom is 0.328 e. The van der Waals surface area contributed by atoms with Crippen molar-refractivity contribution in [2.24, 2.45) is 0 Å². The van der Waals surface area contributed by atoms with Gasteiger partial charge in [0.1, 0.15) is 18.0 Å². The van der Waals surface area contributed by atoms with Gasteiger partial charge in [-0.15, -0.1) is 5.10 Å². The zero-order chi connectivity index (χ0) is 22.7. The normalized spacial score (nSPS) is 13.6. The molecule has 1 aromatic carbocycles. The molecule has 0 saturated carbocycles. The number of rotatable bonds is 7. The Morgan fingerprint density at radius 2 is 1.88 bits per heavy atom. The number of benzene rings is 1. The summed E-state index contributed by atoms with van der Waals surface area (Å²) in [7, 11) is 0. The number of anilines is 1. The van der Waals surface area contributed by atoms with Gasteiger partial charge in [-0.05, 0) is 51.7 Å². The van der Waals surface area contributed by atoms with Crippen molar-refractivity contribution >= 4 is 11.8 Å². The molecular weight excluding hydrogens is 406 g/mol. The summed E-state index contributed by atoms with van der Waals surface area (Å²) in [5, 5.41) is 7.86. The highest BCUT2D eigenvalue weighted by Crippen LogP contribution is 2.28. The van der Waals surface area contributed by atoms with Crippen molar-refractivity contribution in [1.29, 1.82) is 0 Å². The second-order valence-corrected chi connectivity index (χ2v) is 8.87. The fourth-order valence-electron chi connectivity index (χ4n) is 3.82. The van der Waals surface area contributed by atoms with Crippen LogP contribution in [0.5, 0.6) is 5.88 Å². The first-order chi connectivity index (χ1) is 15.3. The molecule has 1 aliphatic carbocycles. The maximum atomic E-state index is 12.2. The van der Waals surface area contributed by atoms with Crippen LogP contribution in [0.4, 0.5) is 5.82 Å². The summed E-state index contributed by atoms with van der Waals surface area (Å²) in [6.07, 6.45) is 7.11. The van der Waals surface area contributed by atoms with Gasteiger partial charge in [-0.25, -0.2) is 4.98 Å². The predicted molar refractivity (Wildman–Crippen MR) is 122 cm³/mol. The maximum absolute atomic E-state index is 12.2. The summed E-state index contributed by atoms with van der Waals surface area (Å²) < 4.78 is 12.6. The van der Waals surface area contributed by atoms with E-state index in [0.717, 1.165) is 18.7 Å². The van der Waals surface area contributed by atoms with Crippen molar-refractivity contribution in [1.82, 2.24) is 19.7 Å². The largest absolute Gasteiger partial charge is 0.476 e. The van der Waals surface area contributed by atoms with Gasteiger partial charge < -0.3 is 14.8 Å². The van der Waals surface area contributed by atoms with Gasteiger partial charge in [0.15, 0.2) is 0 Å². The van der Waals surface area contributed by atoms with Crippen LogP contribution in [-0.4, -0.2) is 44.0 Å². The SMILES string of the molecule is CCOc1nn(CC(=O)OC(C)(C)C)cc1-c1cnc(NC2Cc3ccccc3C2)cn1. The number of ether oxygens (including phenoxy) is 2. The number of nitrogens with zero attached hydrogens (tertiary/aromatic N) is 4. The molecule has 1 aliphatic rings. The van der Waals surface area contributed by atoms with Crippen molar-refractivity contribution in [3.8, 4) is 17.1 Å². The third-order valence-electron chi connectivity index (χ3n) is 5.05. The van der Waals surface area contributed by atoms with E-state index in [1.54, 1.807) is 18.6 Å². The Bertz CT molecular complexity index is 1060. The molecule has 8 heteroatoms. The van der Waals surface area contributed by atoms with E-state index in [0.29, 0.717) is 29.8 Å². The van der Waals surface area contributed by atoms with E-state index in [-0.39, 0.29) is 12.5 Å². The van der Waals surface area contributed by atoms with Gasteiger partial charge in [-0.2, -0.15) is 0 Å². The zero-order valence-electron chi connectivity index (χ0n) is 19.0. The molecule has 1 N–H and O–H groups in total. The van der Waals surface area contributed by atoms with Crippen LogP contribution in [0, 0.1) is 0 Å². The van der Waals surface area contributed by atoms with Crippen molar-refractivity contribution in [2.75, 3.05) is 11.9 Å². The van der Waals surface area contributed by atoms with Crippen LogP contribution in [0.1, 0.15) is 38.8 Å². The lowest BCUT2D eigenvalue weighted by molar-refractivity contribution is -0.155. The van der Waals surface area contributed by atoms with Crippen molar-refractivity contribution in [2.45, 2.75) is 58.7 Å². The smallest absolute Gasteiger partial charge is 0.328 e. The van der Waals surface area contributed by atoms with Crippen LogP contribution < -0.4 is 10.1 Å². The Labute approximate surface area is 188 Å². The van der Waals surface area contributed by atoms with Crippen LogP contribution in [0.3, 0.4) is 0 Å². The molecule has 0 saturated heterocycles. The lowest BCUT2D eigenvalue weighted by Gasteiger charge is -2.19. The minimum Gasteiger partial charge on any atom is -0.476 e. The van der Waals surface area contributed by atoms with Crippen LogP contribution in [0.2, 0.25) is 0 Å². The molecule has 0 unspecified atom stereocenters. The fraction of sp³-hybridized carbons (Fsp3) is 0.417. The minimum absolute atomic E-state index is 0.00729. The molecule has 0 amide bonds. The first kappa shape index (κ1) is 21.8. The summed E-state index contributed by atoms with van der Waals surface area (Å²) in [5.41, 5.74) is 3.53. The molecule has 2 heterocycles. The van der Waals surface area contributed by atoms with Crippen molar-refractivity contribution in [3.63, 3.8) is 0 Å². The Morgan fingerprint density at radius 3 is 2.47 bits per heavy atom. The van der Waals surface area contributed by atoms with Crippen LogP contribution in [0.15, 0.2) is 42.9 Å². The Balaban J connectivity index is 1.46. The van der Waals surface area contributed by atoms with Crippen LogP contribution in [0.25, 0.3) is 11.3 Å². The first-order valence-corrected chi connectivity index (χ1v) is 10.9. The van der Waals surface area contributed by atoms with E-state index in [1.165, 1.54) is 15.8 Å². The second-order valence-electron chi connectivity index (χ2n) is 8.87. The van der Waals surface area contributed by atoms with Crippen molar-refractivity contribution < 1.29 is 14.3 Å². The third-order valence-corrected chi connectivity index (χ3v) is 5.05. The van der Waals surface area contributed by atoms with Gasteiger partial charge in [-0.1, -0.05) is 24.3 Å². The van der Waals surface area contributed by atoms with Crippen LogP contribution in [-0.2, 0) is 28.9 Å². The monoisotopic (exact) mass is 435 g/mol. The molecule has 0 aliphatic heterocycles. The summed E-state index contributed by atoms with van der Waals surface area (Å²) >= 11 is 0. The molecule has 168 valence electrons. The fourth-order valence-corrected chi connectivity index (χ4v) is 3.82. The topological polar surface area (TPSA) is 91.2 Å². The minimum atomic E-state index is -0.551. The lowest BCUT2D eigenvalue weighted by Crippen LogP contribution is -2.26. The molecule has 4 rings (SSSR count). The number of carbonyl (C=O) groups excluding carboxylic acids is 1. The lowest BCUT2D eigenvalue weighted by atomic mass is 10.1. The van der Waals surface area contributed by atoms with Gasteiger partial charge in [0.25, 0.3) is 0 Å². The van der Waals surface area contributed by atoms with Crippen LogP contribution >= 0.6 is 0 Å². The average Bonchev–Trinajstić information content (AvgIpc) is 3.30. The molecule has 0 radical (unpaired) electrons. The first-order valence-electron chi connectivity index (χ1n) is 10.9. The van der Waals surface area contributed by atoms with Gasteiger partial charge >= 0.3 is 5.97 Å². The highest BCUT2D eigenvalue weighted by molar-refractivity contribution is 5.70. The van der Waals surface area contributed by atoms with Gasteiger partial charge in [0.2, 0.25) is 5.88 Å². The van der Waals surface area contributed by atoms with E-state index < -0.39 is 5.60 Å². The summed E-state index contributed by atoms with van der Waals surface area (Å²) in [6.45, 7) is 7.83. The molecule has 8 nitrogen and oxygen atoms in total. The van der Waals surface area contributed by atoms with E-state index in [9.17, 15) is 4.79 Å². The predicted octanol–water partition coefficient (Wildman–Crippen LogP) is 3.66. The second kappa shape index (κ2) is 8.98. The van der Waals surface area contributed by atoms with Gasteiger partial charge in [0.05, 0.1) is 30.3 Å². The van der Waals surface area contributed by atoms with E-state index in [2.05, 4.69) is 44.6 Å². The third kappa shape index (κ3) is 5.25. The van der Waals surface area contributed by atoms with E-state index >= 15 is 0 Å². The zero-order valence-corrected chi connectivity index (χ0v) is 19.0. The number of nitrogens with one attached hydrogen (secondary N) is 1. The number of fused-ring (bicyclic) bond motifs is 1. The molecule has 0 bridgehead atoms. The molecule has 0 fully saturated rings. The molecule has 32 heavy (non-hydrogen) atoms. The number of aromatic nitrogens is 4. The van der Waals surface area contributed by atoms with Crippen molar-refractivity contribution in [3.05, 3.63) is 54.0 Å². The highest BCUT2D eigenvalue weighted by atomic mass is 16.6. The number of hydrogen-bond donors (Lipinski definition) is 1. The van der Waals surface area contributed by atoms with Gasteiger partial charge in [0, 0.05) is 12.2 Å². The molecule has 3 aromatic rings. The highest BCUT2D eigenvalue weighted by Gasteiger charge is 2.22. The Hall–Kier alpha value is -3.42. The van der Waals surface area contributed by atoms with Gasteiger partial charge in [-0.3, -0.25) is 14.5 Å². The standard InChI is InChI=1S/C24H29N5O3/c1-5-31-23-19(14-29(28-23)15-22(30)32-24(2,3)4)20-12-26-21(13-25-20)27-18-10-16-8-6-7-9-17(16)11-18/h6-9,12-14,18H,5,10-11,15H2,1-4H3,(H,26,27). The summed E-state index contributed by atoms with van der Waals surface area (Å²) in [4.78, 5) is 21.3. The quantitative estimate of drug-likeness (QED) is 0.566. The number of hydrogen-bond acceptors (Lipinski definition) is 7. The van der Waals surface area contributed by atoms with E-state index in [1.807, 2.05) is 27.7 Å². The number of esters is 1. The number of carbonyl (C=O) groups is 1. The van der Waals surface area contributed by atoms with E-state index in [4.69, 9.17) is 9.47 Å². The molecular formula is C24H29N5O3. The Kier molecular flexibility index (Phi) is 6.12. The molecule has 0 atom stereocenters. The summed E-state index contributed by atoms with van der Waals surface area (Å²) in [5.74, 6) is 0.778. The molecule has 0 spiro atoms. The average molecular weight is 436 g/mol. The summed E-state index contributed by atoms with van der Waals surface area (Å²) in [6, 6.07) is 8.82. The Morgan fingerprint density at radius 1 is 1.16 bits per heavy atom. The molecule has 2 aromatic heterocycles.